The molecule has 0 bridgehead atoms. The first kappa shape index (κ1) is 17.5. The van der Waals surface area contributed by atoms with Gasteiger partial charge in [0, 0.05) is 23.5 Å². The lowest BCUT2D eigenvalue weighted by atomic mass is 10.2. The summed E-state index contributed by atoms with van der Waals surface area (Å²) in [6.07, 6.45) is 0.345. The van der Waals surface area contributed by atoms with E-state index in [9.17, 15) is 4.79 Å². The monoisotopic (exact) mass is 326 g/mol. The molecule has 2 N–H and O–H groups in total. The molecule has 114 valence electrons. The fourth-order valence-electron chi connectivity index (χ4n) is 1.90. The number of hydrogen-bond acceptors (Lipinski definition) is 4. The number of nitrogens with zero attached hydrogens (tertiary/aromatic N) is 1. The van der Waals surface area contributed by atoms with Crippen LogP contribution in [0.15, 0.2) is 41.8 Å². The minimum atomic E-state index is 0. The molecule has 6 heteroatoms. The zero-order valence-corrected chi connectivity index (χ0v) is 13.5. The zero-order valence-electron chi connectivity index (χ0n) is 11.8. The molecule has 2 rings (SSSR count). The third-order valence-corrected chi connectivity index (χ3v) is 3.80. The maximum Gasteiger partial charge on any atom is 0.228 e. The Morgan fingerprint density at radius 3 is 2.52 bits per heavy atom. The molecule has 0 saturated heterocycles. The highest BCUT2D eigenvalue weighted by Crippen LogP contribution is 2.23. The summed E-state index contributed by atoms with van der Waals surface area (Å²) in [5.74, 6) is 0.808. The van der Waals surface area contributed by atoms with Gasteiger partial charge in [-0.3, -0.25) is 4.79 Å². The molecule has 1 amide bonds. The maximum absolute atomic E-state index is 12.2. The van der Waals surface area contributed by atoms with Crippen molar-refractivity contribution < 1.29 is 9.53 Å². The average Bonchev–Trinajstić information content (AvgIpc) is 2.98. The smallest absolute Gasteiger partial charge is 0.228 e. The molecule has 0 fully saturated rings. The van der Waals surface area contributed by atoms with Crippen LogP contribution in [0.2, 0.25) is 0 Å². The van der Waals surface area contributed by atoms with E-state index >= 15 is 0 Å². The number of thiophene rings is 1. The molecule has 21 heavy (non-hydrogen) atoms. The molecule has 1 aromatic heterocycles. The number of anilines is 1. The molecule has 0 spiro atoms. The number of methoxy groups -OCH3 is 1. The Kier molecular flexibility index (Phi) is 7.22. The normalized spacial score (nSPS) is 9.81. The largest absolute Gasteiger partial charge is 0.497 e. The Balaban J connectivity index is 0.00000220. The van der Waals surface area contributed by atoms with E-state index in [1.54, 1.807) is 23.3 Å². The standard InChI is InChI=1S/C15H18N2O2S.ClH/c1-19-13-6-4-12(5-7-13)17(15(18)8-9-16)11-14-3-2-10-20-14;/h2-7,10H,8-9,11,16H2,1H3;1H. The minimum Gasteiger partial charge on any atom is -0.497 e. The van der Waals surface area contributed by atoms with Crippen molar-refractivity contribution in [1.82, 2.24) is 0 Å². The lowest BCUT2D eigenvalue weighted by Crippen LogP contribution is -2.31. The molecule has 1 aromatic carbocycles. The van der Waals surface area contributed by atoms with E-state index in [2.05, 4.69) is 0 Å². The van der Waals surface area contributed by atoms with Crippen molar-refractivity contribution in [2.75, 3.05) is 18.6 Å². The van der Waals surface area contributed by atoms with Crippen molar-refractivity contribution in [3.8, 4) is 5.75 Å². The molecule has 4 nitrogen and oxygen atoms in total. The fraction of sp³-hybridized carbons (Fsp3) is 0.267. The summed E-state index contributed by atoms with van der Waals surface area (Å²) >= 11 is 1.64. The topological polar surface area (TPSA) is 55.6 Å². The van der Waals surface area contributed by atoms with Crippen LogP contribution in [0.5, 0.6) is 5.75 Å². The van der Waals surface area contributed by atoms with Gasteiger partial charge in [-0.1, -0.05) is 6.07 Å². The van der Waals surface area contributed by atoms with Crippen LogP contribution in [-0.2, 0) is 11.3 Å². The number of amides is 1. The average molecular weight is 327 g/mol. The first-order chi connectivity index (χ1) is 9.74. The van der Waals surface area contributed by atoms with Crippen LogP contribution < -0.4 is 15.4 Å². The van der Waals surface area contributed by atoms with Crippen molar-refractivity contribution in [2.24, 2.45) is 5.73 Å². The van der Waals surface area contributed by atoms with E-state index in [-0.39, 0.29) is 18.3 Å². The van der Waals surface area contributed by atoms with Crippen molar-refractivity contribution in [1.29, 1.82) is 0 Å². The minimum absolute atomic E-state index is 0. The number of halogens is 1. The molecular formula is C15H19ClN2O2S. The molecular weight excluding hydrogens is 308 g/mol. The Labute approximate surface area is 134 Å². The van der Waals surface area contributed by atoms with E-state index in [1.807, 2.05) is 41.8 Å². The number of ether oxygens (including phenoxy) is 1. The van der Waals surface area contributed by atoms with Gasteiger partial charge in [0.15, 0.2) is 0 Å². The molecule has 0 aliphatic heterocycles. The van der Waals surface area contributed by atoms with Gasteiger partial charge in [0.2, 0.25) is 5.91 Å². The lowest BCUT2D eigenvalue weighted by Gasteiger charge is -2.22. The number of rotatable bonds is 6. The lowest BCUT2D eigenvalue weighted by molar-refractivity contribution is -0.118. The van der Waals surface area contributed by atoms with Gasteiger partial charge in [-0.15, -0.1) is 23.7 Å². The number of nitrogens with two attached hydrogens (primary N) is 1. The van der Waals surface area contributed by atoms with Crippen molar-refractivity contribution in [3.05, 3.63) is 46.7 Å². The molecule has 0 unspecified atom stereocenters. The summed E-state index contributed by atoms with van der Waals surface area (Å²) in [7, 11) is 1.62. The summed E-state index contributed by atoms with van der Waals surface area (Å²) in [6.45, 7) is 0.929. The van der Waals surface area contributed by atoms with Crippen LogP contribution in [0, 0.1) is 0 Å². The van der Waals surface area contributed by atoms with Crippen molar-refractivity contribution in [3.63, 3.8) is 0 Å². The second kappa shape index (κ2) is 8.67. The molecule has 2 aromatic rings. The van der Waals surface area contributed by atoms with Crippen LogP contribution in [0.3, 0.4) is 0 Å². The first-order valence-electron chi connectivity index (χ1n) is 6.41. The Morgan fingerprint density at radius 2 is 2.00 bits per heavy atom. The van der Waals surface area contributed by atoms with Gasteiger partial charge in [0.1, 0.15) is 5.75 Å². The van der Waals surface area contributed by atoms with Crippen LogP contribution >= 0.6 is 23.7 Å². The van der Waals surface area contributed by atoms with E-state index < -0.39 is 0 Å². The number of hydrogen-bond donors (Lipinski definition) is 1. The van der Waals surface area contributed by atoms with E-state index in [1.165, 1.54) is 0 Å². The van der Waals surface area contributed by atoms with Gasteiger partial charge >= 0.3 is 0 Å². The maximum atomic E-state index is 12.2. The first-order valence-corrected chi connectivity index (χ1v) is 7.29. The second-order valence-electron chi connectivity index (χ2n) is 4.30. The second-order valence-corrected chi connectivity index (χ2v) is 5.33. The van der Waals surface area contributed by atoms with Crippen molar-refractivity contribution >= 4 is 35.3 Å². The van der Waals surface area contributed by atoms with Crippen LogP contribution in [0.25, 0.3) is 0 Å². The summed E-state index contributed by atoms with van der Waals surface area (Å²) in [4.78, 5) is 15.2. The summed E-state index contributed by atoms with van der Waals surface area (Å²) in [6, 6.07) is 11.5. The van der Waals surface area contributed by atoms with Crippen LogP contribution in [0.4, 0.5) is 5.69 Å². The third-order valence-electron chi connectivity index (χ3n) is 2.94. The van der Waals surface area contributed by atoms with Crippen molar-refractivity contribution in [2.45, 2.75) is 13.0 Å². The fourth-order valence-corrected chi connectivity index (χ4v) is 2.60. The molecule has 0 atom stereocenters. The summed E-state index contributed by atoms with van der Waals surface area (Å²) in [5, 5.41) is 2.01. The number of benzene rings is 1. The highest BCUT2D eigenvalue weighted by Gasteiger charge is 2.16. The number of carbonyl (C=O) groups excluding carboxylic acids is 1. The van der Waals surface area contributed by atoms with Gasteiger partial charge in [-0.2, -0.15) is 0 Å². The quantitative estimate of drug-likeness (QED) is 0.887. The molecule has 0 aliphatic rings. The van der Waals surface area contributed by atoms with Crippen LogP contribution in [-0.4, -0.2) is 19.6 Å². The Hall–Kier alpha value is -1.56. The van der Waals surface area contributed by atoms with Gasteiger partial charge < -0.3 is 15.4 Å². The molecule has 0 aliphatic carbocycles. The van der Waals surface area contributed by atoms with E-state index in [0.717, 1.165) is 16.3 Å². The number of carbonyl (C=O) groups is 1. The highest BCUT2D eigenvalue weighted by atomic mass is 35.5. The van der Waals surface area contributed by atoms with Crippen LogP contribution in [0.1, 0.15) is 11.3 Å². The van der Waals surface area contributed by atoms with Gasteiger partial charge in [0.25, 0.3) is 0 Å². The SMILES string of the molecule is COc1ccc(N(Cc2cccs2)C(=O)CCN)cc1.Cl. The van der Waals surface area contributed by atoms with E-state index in [0.29, 0.717) is 19.5 Å². The molecule has 0 saturated carbocycles. The van der Waals surface area contributed by atoms with Gasteiger partial charge in [-0.25, -0.2) is 0 Å². The Bertz CT molecular complexity index is 543. The van der Waals surface area contributed by atoms with E-state index in [4.69, 9.17) is 10.5 Å². The third kappa shape index (κ3) is 4.74. The predicted octanol–water partition coefficient (Wildman–Crippen LogP) is 3.06. The summed E-state index contributed by atoms with van der Waals surface area (Å²) in [5.41, 5.74) is 6.36. The molecule has 0 radical (unpaired) electrons. The van der Waals surface area contributed by atoms with Gasteiger partial charge in [-0.05, 0) is 35.7 Å². The predicted molar refractivity (Wildman–Crippen MR) is 89.4 cm³/mol. The van der Waals surface area contributed by atoms with Gasteiger partial charge in [0.05, 0.1) is 13.7 Å². The molecule has 1 heterocycles. The Morgan fingerprint density at radius 1 is 1.29 bits per heavy atom. The summed E-state index contributed by atoms with van der Waals surface area (Å²) < 4.78 is 5.14. The zero-order chi connectivity index (χ0) is 14.4. The highest BCUT2D eigenvalue weighted by molar-refractivity contribution is 7.09.